The molecular formula is C15H17ClN2. The van der Waals surface area contributed by atoms with Gasteiger partial charge < -0.3 is 5.32 Å². The first kappa shape index (κ1) is 13.1. The minimum Gasteiger partial charge on any atom is -0.313 e. The third-order valence-electron chi connectivity index (χ3n) is 3.23. The summed E-state index contributed by atoms with van der Waals surface area (Å²) in [7, 11) is 1.93. The molecule has 0 saturated carbocycles. The van der Waals surface area contributed by atoms with Crippen LogP contribution in [0.3, 0.4) is 0 Å². The molecule has 18 heavy (non-hydrogen) atoms. The van der Waals surface area contributed by atoms with Crippen LogP contribution in [-0.4, -0.2) is 12.0 Å². The minimum absolute atomic E-state index is 0.255. The summed E-state index contributed by atoms with van der Waals surface area (Å²) in [4.78, 5) is 4.11. The fraction of sp³-hybridized carbons (Fsp3) is 0.267. The fourth-order valence-corrected chi connectivity index (χ4v) is 2.34. The molecule has 0 aliphatic carbocycles. The number of hydrogen-bond donors (Lipinski definition) is 1. The number of rotatable bonds is 3. The fourth-order valence-electron chi connectivity index (χ4n) is 2.00. The summed E-state index contributed by atoms with van der Waals surface area (Å²) in [5, 5.41) is 4.00. The number of aryl methyl sites for hydroxylation is 1. The van der Waals surface area contributed by atoms with Gasteiger partial charge in [-0.15, -0.1) is 0 Å². The van der Waals surface area contributed by atoms with Crippen LogP contribution in [0.2, 0.25) is 5.02 Å². The molecule has 2 nitrogen and oxygen atoms in total. The van der Waals surface area contributed by atoms with E-state index in [1.165, 1.54) is 5.56 Å². The molecule has 3 heteroatoms. The van der Waals surface area contributed by atoms with E-state index in [1.807, 2.05) is 25.4 Å². The van der Waals surface area contributed by atoms with Gasteiger partial charge in [0.05, 0.1) is 0 Å². The van der Waals surface area contributed by atoms with Crippen molar-refractivity contribution in [2.45, 2.75) is 19.9 Å². The summed E-state index contributed by atoms with van der Waals surface area (Å²) in [5.41, 5.74) is 4.58. The van der Waals surface area contributed by atoms with Crippen molar-refractivity contribution < 1.29 is 0 Å². The highest BCUT2D eigenvalue weighted by atomic mass is 35.5. The summed E-state index contributed by atoms with van der Waals surface area (Å²) in [5.74, 6) is 0. The molecule has 0 bridgehead atoms. The highest BCUT2D eigenvalue weighted by molar-refractivity contribution is 6.31. The zero-order valence-electron chi connectivity index (χ0n) is 10.9. The van der Waals surface area contributed by atoms with Crippen molar-refractivity contribution in [3.63, 3.8) is 0 Å². The topological polar surface area (TPSA) is 24.9 Å². The van der Waals surface area contributed by atoms with Crippen LogP contribution >= 0.6 is 11.6 Å². The van der Waals surface area contributed by atoms with Gasteiger partial charge in [-0.25, -0.2) is 0 Å². The molecule has 0 aliphatic heterocycles. The standard InChI is InChI=1S/C15H17ClN2/c1-10-9-18-7-6-13(10)12-4-5-14(11(2)17-3)15(16)8-12/h4-9,11,17H,1-3H3. The van der Waals surface area contributed by atoms with Crippen LogP contribution in [-0.2, 0) is 0 Å². The number of hydrogen-bond acceptors (Lipinski definition) is 2. The molecule has 2 aromatic rings. The molecule has 1 unspecified atom stereocenters. The smallest absolute Gasteiger partial charge is 0.0459 e. The number of halogens is 1. The lowest BCUT2D eigenvalue weighted by Crippen LogP contribution is -2.12. The third-order valence-corrected chi connectivity index (χ3v) is 3.56. The second-order valence-corrected chi connectivity index (χ2v) is 4.84. The predicted octanol–water partition coefficient (Wildman–Crippen LogP) is 3.99. The first-order chi connectivity index (χ1) is 8.63. The quantitative estimate of drug-likeness (QED) is 0.903. The van der Waals surface area contributed by atoms with Crippen molar-refractivity contribution in [2.75, 3.05) is 7.05 Å². The van der Waals surface area contributed by atoms with Gasteiger partial charge >= 0.3 is 0 Å². The van der Waals surface area contributed by atoms with E-state index in [-0.39, 0.29) is 6.04 Å². The Bertz CT molecular complexity index is 552. The van der Waals surface area contributed by atoms with Crippen LogP contribution in [0.5, 0.6) is 0 Å². The molecule has 0 radical (unpaired) electrons. The van der Waals surface area contributed by atoms with E-state index in [1.54, 1.807) is 6.20 Å². The first-order valence-corrected chi connectivity index (χ1v) is 6.39. The van der Waals surface area contributed by atoms with Crippen LogP contribution in [0.15, 0.2) is 36.7 Å². The summed E-state index contributed by atoms with van der Waals surface area (Å²) in [6, 6.07) is 8.48. The van der Waals surface area contributed by atoms with E-state index in [0.717, 1.165) is 21.7 Å². The highest BCUT2D eigenvalue weighted by Crippen LogP contribution is 2.30. The second kappa shape index (κ2) is 5.51. The van der Waals surface area contributed by atoms with Crippen LogP contribution in [0.1, 0.15) is 24.1 Å². The third kappa shape index (κ3) is 2.55. The Morgan fingerprint density at radius 3 is 2.67 bits per heavy atom. The van der Waals surface area contributed by atoms with Gasteiger partial charge in [-0.05, 0) is 55.3 Å². The van der Waals surface area contributed by atoms with Gasteiger partial charge in [-0.3, -0.25) is 4.98 Å². The Kier molecular flexibility index (Phi) is 4.00. The Labute approximate surface area is 113 Å². The Morgan fingerprint density at radius 1 is 1.28 bits per heavy atom. The van der Waals surface area contributed by atoms with E-state index >= 15 is 0 Å². The molecule has 0 spiro atoms. The van der Waals surface area contributed by atoms with Crippen molar-refractivity contribution in [1.82, 2.24) is 10.3 Å². The minimum atomic E-state index is 0.255. The van der Waals surface area contributed by atoms with Crippen LogP contribution in [0.25, 0.3) is 11.1 Å². The van der Waals surface area contributed by atoms with Gasteiger partial charge in [0.15, 0.2) is 0 Å². The number of aromatic nitrogens is 1. The normalized spacial score (nSPS) is 12.4. The molecule has 0 saturated heterocycles. The lowest BCUT2D eigenvalue weighted by Gasteiger charge is -2.14. The van der Waals surface area contributed by atoms with Gasteiger partial charge in [0.25, 0.3) is 0 Å². The summed E-state index contributed by atoms with van der Waals surface area (Å²) >= 11 is 6.35. The maximum Gasteiger partial charge on any atom is 0.0459 e. The van der Waals surface area contributed by atoms with Crippen LogP contribution in [0, 0.1) is 6.92 Å². The van der Waals surface area contributed by atoms with Crippen molar-refractivity contribution in [3.8, 4) is 11.1 Å². The van der Waals surface area contributed by atoms with Gasteiger partial charge in [0, 0.05) is 23.5 Å². The lowest BCUT2D eigenvalue weighted by molar-refractivity contribution is 0.652. The van der Waals surface area contributed by atoms with Crippen LogP contribution < -0.4 is 5.32 Å². The Hall–Kier alpha value is -1.38. The van der Waals surface area contributed by atoms with E-state index in [4.69, 9.17) is 11.6 Å². The van der Waals surface area contributed by atoms with E-state index in [2.05, 4.69) is 36.3 Å². The molecule has 1 aromatic heterocycles. The summed E-state index contributed by atoms with van der Waals surface area (Å²) < 4.78 is 0. The van der Waals surface area contributed by atoms with Gasteiger partial charge in [0.2, 0.25) is 0 Å². The second-order valence-electron chi connectivity index (χ2n) is 4.44. The molecule has 0 amide bonds. The van der Waals surface area contributed by atoms with E-state index in [0.29, 0.717) is 0 Å². The number of pyridine rings is 1. The molecule has 0 aliphatic rings. The van der Waals surface area contributed by atoms with Crippen LogP contribution in [0.4, 0.5) is 0 Å². The average Bonchev–Trinajstić information content (AvgIpc) is 2.38. The molecular weight excluding hydrogens is 244 g/mol. The number of benzene rings is 1. The van der Waals surface area contributed by atoms with Gasteiger partial charge in [-0.1, -0.05) is 23.7 Å². The predicted molar refractivity (Wildman–Crippen MR) is 76.9 cm³/mol. The zero-order valence-corrected chi connectivity index (χ0v) is 11.6. The Balaban J connectivity index is 2.44. The molecule has 1 aromatic carbocycles. The van der Waals surface area contributed by atoms with Gasteiger partial charge in [0.1, 0.15) is 0 Å². The molecule has 94 valence electrons. The number of nitrogens with one attached hydrogen (secondary N) is 1. The highest BCUT2D eigenvalue weighted by Gasteiger charge is 2.09. The lowest BCUT2D eigenvalue weighted by atomic mass is 9.99. The van der Waals surface area contributed by atoms with Crippen molar-refractivity contribution >= 4 is 11.6 Å². The zero-order chi connectivity index (χ0) is 13.1. The summed E-state index contributed by atoms with van der Waals surface area (Å²) in [6.45, 7) is 4.15. The largest absolute Gasteiger partial charge is 0.313 e. The molecule has 1 N–H and O–H groups in total. The first-order valence-electron chi connectivity index (χ1n) is 6.01. The monoisotopic (exact) mass is 260 g/mol. The Morgan fingerprint density at radius 2 is 2.06 bits per heavy atom. The van der Waals surface area contributed by atoms with Crippen molar-refractivity contribution in [2.24, 2.45) is 0 Å². The molecule has 2 rings (SSSR count). The maximum atomic E-state index is 6.35. The van der Waals surface area contributed by atoms with Gasteiger partial charge in [-0.2, -0.15) is 0 Å². The maximum absolute atomic E-state index is 6.35. The number of nitrogens with zero attached hydrogens (tertiary/aromatic N) is 1. The van der Waals surface area contributed by atoms with E-state index in [9.17, 15) is 0 Å². The van der Waals surface area contributed by atoms with Crippen molar-refractivity contribution in [1.29, 1.82) is 0 Å². The molecule has 1 heterocycles. The SMILES string of the molecule is CNC(C)c1ccc(-c2ccncc2C)cc1Cl. The van der Waals surface area contributed by atoms with Crippen molar-refractivity contribution in [3.05, 3.63) is 52.8 Å². The summed E-state index contributed by atoms with van der Waals surface area (Å²) in [6.07, 6.45) is 3.67. The average molecular weight is 261 g/mol. The molecule has 0 fully saturated rings. The molecule has 1 atom stereocenters. The van der Waals surface area contributed by atoms with E-state index < -0.39 is 0 Å².